The first-order chi connectivity index (χ1) is 16.4. The first-order valence-corrected chi connectivity index (χ1v) is 11.4. The smallest absolute Gasteiger partial charge is 0.231 e. The monoisotopic (exact) mass is 566 g/mol. The fourth-order valence-corrected chi connectivity index (χ4v) is 4.94. The van der Waals surface area contributed by atoms with E-state index in [9.17, 15) is 27.5 Å². The van der Waals surface area contributed by atoms with Crippen LogP contribution in [0.4, 0.5) is 28.9 Å². The molecule has 0 saturated heterocycles. The number of nitrogens with one attached hydrogen (secondary N) is 2. The van der Waals surface area contributed by atoms with Gasteiger partial charge in [0.05, 0.1) is 21.7 Å². The van der Waals surface area contributed by atoms with Crippen LogP contribution in [0.2, 0.25) is 10.0 Å². The lowest BCUT2D eigenvalue weighted by Crippen LogP contribution is -2.18. The van der Waals surface area contributed by atoms with Crippen LogP contribution in [0.15, 0.2) is 48.5 Å². The van der Waals surface area contributed by atoms with Crippen LogP contribution in [0.5, 0.6) is 0 Å². The molecule has 0 heterocycles. The Balaban J connectivity index is 1.54. The number of anilines is 2. The zero-order valence-corrected chi connectivity index (χ0v) is 20.3. The van der Waals surface area contributed by atoms with Gasteiger partial charge in [-0.05, 0) is 42.0 Å². The van der Waals surface area contributed by atoms with E-state index in [4.69, 9.17) is 46.4 Å². The van der Waals surface area contributed by atoms with Crippen LogP contribution in [-0.4, -0.2) is 15.3 Å². The van der Waals surface area contributed by atoms with Crippen molar-refractivity contribution in [2.24, 2.45) is 5.92 Å². The maximum Gasteiger partial charge on any atom is 0.231 e. The number of halogens is 8. The summed E-state index contributed by atoms with van der Waals surface area (Å²) in [5.41, 5.74) is -0.159. The van der Waals surface area contributed by atoms with Gasteiger partial charge in [-0.3, -0.25) is 4.79 Å². The lowest BCUT2D eigenvalue weighted by molar-refractivity contribution is -0.117. The molecule has 12 heteroatoms. The van der Waals surface area contributed by atoms with Gasteiger partial charge in [0.15, 0.2) is 6.23 Å². The Kier molecular flexibility index (Phi) is 7.14. The Labute approximate surface area is 216 Å². The molecular formula is C23H14Cl4F4N2O2. The molecule has 3 aromatic rings. The van der Waals surface area contributed by atoms with E-state index >= 15 is 0 Å². The van der Waals surface area contributed by atoms with Crippen LogP contribution < -0.4 is 10.6 Å². The summed E-state index contributed by atoms with van der Waals surface area (Å²) in [5.74, 6) is -5.83. The summed E-state index contributed by atoms with van der Waals surface area (Å²) in [6.07, 6.45) is -1.72. The van der Waals surface area contributed by atoms with Gasteiger partial charge >= 0.3 is 0 Å². The largest absolute Gasteiger partial charge is 0.369 e. The molecule has 0 spiro atoms. The number of carbonyl (C=O) groups excluding carboxylic acids is 1. The standard InChI is InChI=1S/C23H14Cl4F4N2O2/c24-13-5-9(1-3-14(13)29)18-19(23(18,26)27)22(35)32-11-7-12(20(25)16(31)8-11)21(34)33-17-4-2-10(28)6-15(17)30/h1-8,18-19,21,33-34H,(H,32,35)/t18-,19+,21-/m1/s1. The van der Waals surface area contributed by atoms with Gasteiger partial charge in [-0.25, -0.2) is 17.6 Å². The summed E-state index contributed by atoms with van der Waals surface area (Å²) in [5, 5.41) is 14.6. The van der Waals surface area contributed by atoms with Crippen LogP contribution in [0.25, 0.3) is 0 Å². The number of alkyl halides is 2. The lowest BCUT2D eigenvalue weighted by Gasteiger charge is -2.18. The van der Waals surface area contributed by atoms with Gasteiger partial charge in [0.25, 0.3) is 0 Å². The van der Waals surface area contributed by atoms with Gasteiger partial charge in [-0.1, -0.05) is 29.3 Å². The second-order valence-corrected chi connectivity index (χ2v) is 10.1. The molecule has 0 aromatic heterocycles. The molecule has 0 radical (unpaired) electrons. The highest BCUT2D eigenvalue weighted by molar-refractivity contribution is 6.53. The molecule has 0 bridgehead atoms. The quantitative estimate of drug-likeness (QED) is 0.168. The van der Waals surface area contributed by atoms with Crippen molar-refractivity contribution in [1.82, 2.24) is 0 Å². The minimum Gasteiger partial charge on any atom is -0.369 e. The van der Waals surface area contributed by atoms with Crippen molar-refractivity contribution >= 4 is 63.7 Å². The third-order valence-electron chi connectivity index (χ3n) is 5.48. The van der Waals surface area contributed by atoms with Gasteiger partial charge in [0.1, 0.15) is 27.6 Å². The van der Waals surface area contributed by atoms with E-state index in [1.807, 2.05) is 0 Å². The van der Waals surface area contributed by atoms with Crippen molar-refractivity contribution in [3.05, 3.63) is 93.0 Å². The molecule has 0 aliphatic heterocycles. The molecule has 3 atom stereocenters. The molecule has 3 N–H and O–H groups in total. The van der Waals surface area contributed by atoms with Crippen molar-refractivity contribution in [3.8, 4) is 0 Å². The van der Waals surface area contributed by atoms with E-state index in [1.165, 1.54) is 18.2 Å². The van der Waals surface area contributed by atoms with Crippen LogP contribution in [-0.2, 0) is 4.79 Å². The summed E-state index contributed by atoms with van der Waals surface area (Å²) >= 11 is 24.3. The maximum absolute atomic E-state index is 14.5. The van der Waals surface area contributed by atoms with Gasteiger partial charge in [-0.2, -0.15) is 0 Å². The average molecular weight is 568 g/mol. The number of aliphatic hydroxyl groups is 1. The molecule has 1 amide bonds. The summed E-state index contributed by atoms with van der Waals surface area (Å²) < 4.78 is 53.5. The molecule has 4 nitrogen and oxygen atoms in total. The highest BCUT2D eigenvalue weighted by Crippen LogP contribution is 2.65. The number of amides is 1. The van der Waals surface area contributed by atoms with Crippen LogP contribution in [0, 0.1) is 29.2 Å². The topological polar surface area (TPSA) is 61.4 Å². The summed E-state index contributed by atoms with van der Waals surface area (Å²) in [6, 6.07) is 8.50. The Hall–Kier alpha value is -2.23. The second kappa shape index (κ2) is 9.67. The molecule has 1 aliphatic rings. The first-order valence-electron chi connectivity index (χ1n) is 9.92. The van der Waals surface area contributed by atoms with Crippen LogP contribution in [0.1, 0.15) is 23.3 Å². The maximum atomic E-state index is 14.5. The molecule has 1 fully saturated rings. The van der Waals surface area contributed by atoms with Crippen LogP contribution in [0.3, 0.4) is 0 Å². The highest BCUT2D eigenvalue weighted by atomic mass is 35.5. The summed E-state index contributed by atoms with van der Waals surface area (Å²) in [7, 11) is 0. The number of carbonyl (C=O) groups is 1. The van der Waals surface area contributed by atoms with Crippen molar-refractivity contribution < 1.29 is 27.5 Å². The zero-order chi connectivity index (χ0) is 25.7. The van der Waals surface area contributed by atoms with Crippen molar-refractivity contribution in [3.63, 3.8) is 0 Å². The fourth-order valence-electron chi connectivity index (χ4n) is 3.71. The van der Waals surface area contributed by atoms with Crippen molar-refractivity contribution in [2.45, 2.75) is 16.5 Å². The Morgan fingerprint density at radius 2 is 1.66 bits per heavy atom. The van der Waals surface area contributed by atoms with E-state index in [2.05, 4.69) is 10.6 Å². The summed E-state index contributed by atoms with van der Waals surface area (Å²) in [4.78, 5) is 12.9. The van der Waals surface area contributed by atoms with Gasteiger partial charge in [0, 0.05) is 23.2 Å². The van der Waals surface area contributed by atoms with E-state index in [-0.39, 0.29) is 22.0 Å². The van der Waals surface area contributed by atoms with Crippen molar-refractivity contribution in [1.29, 1.82) is 0 Å². The number of benzene rings is 3. The number of rotatable bonds is 6. The molecular weight excluding hydrogens is 554 g/mol. The summed E-state index contributed by atoms with van der Waals surface area (Å²) in [6.45, 7) is 0. The zero-order valence-electron chi connectivity index (χ0n) is 17.2. The third kappa shape index (κ3) is 5.17. The predicted octanol–water partition coefficient (Wildman–Crippen LogP) is 7.18. The SMILES string of the molecule is O=C(Nc1cc(F)c(Cl)c([C@@H](O)Nc2ccc(F)cc2F)c1)[C@@H]1[C@@H](c2ccc(F)c(Cl)c2)C1(Cl)Cl. The average Bonchev–Trinajstić information content (AvgIpc) is 3.36. The minimum absolute atomic E-state index is 0.0979. The van der Waals surface area contributed by atoms with E-state index in [1.54, 1.807) is 0 Å². The second-order valence-electron chi connectivity index (χ2n) is 7.82. The van der Waals surface area contributed by atoms with Crippen molar-refractivity contribution in [2.75, 3.05) is 10.6 Å². The molecule has 35 heavy (non-hydrogen) atoms. The molecule has 0 unspecified atom stereocenters. The Bertz CT molecular complexity index is 1320. The fraction of sp³-hybridized carbons (Fsp3) is 0.174. The van der Waals surface area contributed by atoms with Crippen LogP contribution >= 0.6 is 46.4 Å². The minimum atomic E-state index is -1.72. The lowest BCUT2D eigenvalue weighted by atomic mass is 10.1. The molecule has 1 saturated carbocycles. The van der Waals surface area contributed by atoms with E-state index < -0.39 is 56.6 Å². The molecule has 4 rings (SSSR count). The van der Waals surface area contributed by atoms with Gasteiger partial charge < -0.3 is 15.7 Å². The predicted molar refractivity (Wildman–Crippen MR) is 127 cm³/mol. The highest BCUT2D eigenvalue weighted by Gasteiger charge is 2.67. The van der Waals surface area contributed by atoms with E-state index in [0.29, 0.717) is 11.6 Å². The van der Waals surface area contributed by atoms with E-state index in [0.717, 1.165) is 24.3 Å². The Morgan fingerprint density at radius 1 is 0.943 bits per heavy atom. The van der Waals surface area contributed by atoms with Gasteiger partial charge in [-0.15, -0.1) is 23.2 Å². The number of hydrogen-bond acceptors (Lipinski definition) is 3. The number of hydrogen-bond donors (Lipinski definition) is 3. The molecule has 1 aliphatic carbocycles. The third-order valence-corrected chi connectivity index (χ3v) is 7.11. The molecule has 3 aromatic carbocycles. The first kappa shape index (κ1) is 25.9. The van der Waals surface area contributed by atoms with Gasteiger partial charge in [0.2, 0.25) is 5.91 Å². The number of aliphatic hydroxyl groups excluding tert-OH is 1. The normalized spacial score (nSPS) is 19.2. The Morgan fingerprint density at radius 3 is 2.31 bits per heavy atom. The molecule has 184 valence electrons.